The number of thiophene rings is 1. The third-order valence-corrected chi connectivity index (χ3v) is 2.76. The average Bonchev–Trinajstić information content (AvgIpc) is 2.74. The van der Waals surface area contributed by atoms with Gasteiger partial charge in [-0.05, 0) is 40.9 Å². The Balaban J connectivity index is 1.81. The van der Waals surface area contributed by atoms with Crippen LogP contribution in [0.4, 0.5) is 10.2 Å². The predicted octanol–water partition coefficient (Wildman–Crippen LogP) is 2.94. The second kappa shape index (κ2) is 4.89. The largest absolute Gasteiger partial charge is 0.370 e. The van der Waals surface area contributed by atoms with Crippen molar-refractivity contribution in [3.05, 3.63) is 46.5 Å². The molecule has 2 aromatic rings. The third-order valence-electron chi connectivity index (χ3n) is 2.03. The molecule has 0 fully saturated rings. The van der Waals surface area contributed by atoms with Crippen molar-refractivity contribution in [3.63, 3.8) is 0 Å². The van der Waals surface area contributed by atoms with Crippen molar-refractivity contribution >= 4 is 17.2 Å². The van der Waals surface area contributed by atoms with E-state index in [1.54, 1.807) is 17.4 Å². The SMILES string of the molecule is Fc1ccc(NCCc2ccsc2)nc1. The van der Waals surface area contributed by atoms with Crippen LogP contribution in [-0.2, 0) is 6.42 Å². The molecule has 0 atom stereocenters. The maximum absolute atomic E-state index is 12.5. The molecule has 0 unspecified atom stereocenters. The van der Waals surface area contributed by atoms with Gasteiger partial charge >= 0.3 is 0 Å². The fourth-order valence-electron chi connectivity index (χ4n) is 1.25. The zero-order chi connectivity index (χ0) is 10.5. The van der Waals surface area contributed by atoms with Crippen LogP contribution >= 0.6 is 11.3 Å². The molecule has 15 heavy (non-hydrogen) atoms. The summed E-state index contributed by atoms with van der Waals surface area (Å²) in [7, 11) is 0. The average molecular weight is 222 g/mol. The topological polar surface area (TPSA) is 24.9 Å². The van der Waals surface area contributed by atoms with Crippen molar-refractivity contribution in [2.24, 2.45) is 0 Å². The standard InChI is InChI=1S/C11H11FN2S/c12-10-1-2-11(14-7-10)13-5-3-9-4-6-15-8-9/h1-2,4,6-8H,3,5H2,(H,13,14). The molecule has 0 aliphatic heterocycles. The van der Waals surface area contributed by atoms with Crippen LogP contribution in [0.1, 0.15) is 5.56 Å². The minimum atomic E-state index is -0.307. The number of halogens is 1. The predicted molar refractivity (Wildman–Crippen MR) is 60.7 cm³/mol. The van der Waals surface area contributed by atoms with E-state index in [1.165, 1.54) is 17.8 Å². The van der Waals surface area contributed by atoms with Gasteiger partial charge in [0.1, 0.15) is 11.6 Å². The summed E-state index contributed by atoms with van der Waals surface area (Å²) in [5, 5.41) is 7.32. The molecule has 2 nitrogen and oxygen atoms in total. The molecule has 0 amide bonds. The van der Waals surface area contributed by atoms with Crippen LogP contribution in [0.25, 0.3) is 0 Å². The summed E-state index contributed by atoms with van der Waals surface area (Å²) >= 11 is 1.69. The Morgan fingerprint density at radius 3 is 2.93 bits per heavy atom. The van der Waals surface area contributed by atoms with E-state index in [9.17, 15) is 4.39 Å². The number of hydrogen-bond donors (Lipinski definition) is 1. The number of nitrogens with zero attached hydrogens (tertiary/aromatic N) is 1. The van der Waals surface area contributed by atoms with Gasteiger partial charge in [0.05, 0.1) is 6.20 Å². The number of pyridine rings is 1. The minimum Gasteiger partial charge on any atom is -0.370 e. The van der Waals surface area contributed by atoms with E-state index in [0.717, 1.165) is 13.0 Å². The Hall–Kier alpha value is -1.42. The smallest absolute Gasteiger partial charge is 0.141 e. The highest BCUT2D eigenvalue weighted by Crippen LogP contribution is 2.07. The van der Waals surface area contributed by atoms with Crippen molar-refractivity contribution in [2.45, 2.75) is 6.42 Å². The first kappa shape index (κ1) is 10.1. The van der Waals surface area contributed by atoms with Gasteiger partial charge in [0, 0.05) is 6.54 Å². The second-order valence-electron chi connectivity index (χ2n) is 3.17. The van der Waals surface area contributed by atoms with Crippen molar-refractivity contribution in [2.75, 3.05) is 11.9 Å². The fourth-order valence-corrected chi connectivity index (χ4v) is 1.95. The van der Waals surface area contributed by atoms with E-state index in [-0.39, 0.29) is 5.82 Å². The summed E-state index contributed by atoms with van der Waals surface area (Å²) in [6.07, 6.45) is 2.18. The third kappa shape index (κ3) is 3.02. The zero-order valence-corrected chi connectivity index (χ0v) is 8.93. The molecule has 0 aliphatic carbocycles. The Labute approximate surface area is 91.8 Å². The highest BCUT2D eigenvalue weighted by Gasteiger charge is 1.95. The van der Waals surface area contributed by atoms with Gasteiger partial charge in [0.25, 0.3) is 0 Å². The molecule has 0 saturated carbocycles. The molecule has 0 bridgehead atoms. The molecule has 0 aromatic carbocycles. The van der Waals surface area contributed by atoms with Gasteiger partial charge < -0.3 is 5.32 Å². The van der Waals surface area contributed by atoms with Crippen LogP contribution < -0.4 is 5.32 Å². The second-order valence-corrected chi connectivity index (χ2v) is 3.95. The summed E-state index contributed by atoms with van der Waals surface area (Å²) in [6.45, 7) is 0.815. The molecule has 0 aliphatic rings. The molecule has 4 heteroatoms. The molecular formula is C11H11FN2S. The number of anilines is 1. The summed E-state index contributed by atoms with van der Waals surface area (Å²) in [5.74, 6) is 0.407. The number of rotatable bonds is 4. The quantitative estimate of drug-likeness (QED) is 0.860. The summed E-state index contributed by atoms with van der Waals surface area (Å²) in [5.41, 5.74) is 1.31. The number of nitrogens with one attached hydrogen (secondary N) is 1. The van der Waals surface area contributed by atoms with E-state index in [1.807, 2.05) is 0 Å². The molecule has 78 valence electrons. The highest BCUT2D eigenvalue weighted by molar-refractivity contribution is 7.07. The Bertz CT molecular complexity index is 397. The molecule has 0 radical (unpaired) electrons. The highest BCUT2D eigenvalue weighted by atomic mass is 32.1. The fraction of sp³-hybridized carbons (Fsp3) is 0.182. The normalized spacial score (nSPS) is 10.2. The summed E-state index contributed by atoms with van der Waals surface area (Å²) in [4.78, 5) is 3.91. The van der Waals surface area contributed by atoms with Crippen molar-refractivity contribution in [3.8, 4) is 0 Å². The van der Waals surface area contributed by atoms with E-state index in [2.05, 4.69) is 27.1 Å². The summed E-state index contributed by atoms with van der Waals surface area (Å²) < 4.78 is 12.5. The van der Waals surface area contributed by atoms with Crippen molar-refractivity contribution in [1.29, 1.82) is 0 Å². The Morgan fingerprint density at radius 2 is 2.27 bits per heavy atom. The molecule has 2 rings (SSSR count). The lowest BCUT2D eigenvalue weighted by molar-refractivity contribution is 0.621. The van der Waals surface area contributed by atoms with E-state index in [0.29, 0.717) is 5.82 Å². The monoisotopic (exact) mass is 222 g/mol. The molecule has 0 saturated heterocycles. The lowest BCUT2D eigenvalue weighted by Gasteiger charge is -2.03. The first-order chi connectivity index (χ1) is 7.34. The molecule has 2 heterocycles. The Morgan fingerprint density at radius 1 is 1.33 bits per heavy atom. The van der Waals surface area contributed by atoms with Crippen molar-refractivity contribution in [1.82, 2.24) is 4.98 Å². The van der Waals surface area contributed by atoms with Crippen LogP contribution in [-0.4, -0.2) is 11.5 Å². The summed E-state index contributed by atoms with van der Waals surface area (Å²) in [6, 6.07) is 5.15. The molecule has 2 aromatic heterocycles. The minimum absolute atomic E-state index is 0.307. The van der Waals surface area contributed by atoms with Gasteiger partial charge in [0.15, 0.2) is 0 Å². The van der Waals surface area contributed by atoms with Gasteiger partial charge in [-0.2, -0.15) is 11.3 Å². The maximum Gasteiger partial charge on any atom is 0.141 e. The first-order valence-corrected chi connectivity index (χ1v) is 5.65. The molecule has 0 spiro atoms. The Kier molecular flexibility index (Phi) is 3.29. The van der Waals surface area contributed by atoms with Crippen LogP contribution in [0.2, 0.25) is 0 Å². The van der Waals surface area contributed by atoms with E-state index >= 15 is 0 Å². The van der Waals surface area contributed by atoms with Gasteiger partial charge in [-0.1, -0.05) is 0 Å². The molecule has 1 N–H and O–H groups in total. The number of hydrogen-bond acceptors (Lipinski definition) is 3. The van der Waals surface area contributed by atoms with E-state index < -0.39 is 0 Å². The lowest BCUT2D eigenvalue weighted by atomic mass is 10.2. The lowest BCUT2D eigenvalue weighted by Crippen LogP contribution is -2.05. The van der Waals surface area contributed by atoms with Gasteiger partial charge in [-0.25, -0.2) is 9.37 Å². The van der Waals surface area contributed by atoms with Gasteiger partial charge in [0.2, 0.25) is 0 Å². The van der Waals surface area contributed by atoms with E-state index in [4.69, 9.17) is 0 Å². The van der Waals surface area contributed by atoms with Crippen LogP contribution in [0.5, 0.6) is 0 Å². The van der Waals surface area contributed by atoms with Crippen molar-refractivity contribution < 1.29 is 4.39 Å². The van der Waals surface area contributed by atoms with Crippen LogP contribution in [0.15, 0.2) is 35.2 Å². The molecular weight excluding hydrogens is 211 g/mol. The zero-order valence-electron chi connectivity index (χ0n) is 8.11. The van der Waals surface area contributed by atoms with Gasteiger partial charge in [-0.15, -0.1) is 0 Å². The van der Waals surface area contributed by atoms with Gasteiger partial charge in [-0.3, -0.25) is 0 Å². The maximum atomic E-state index is 12.5. The number of aromatic nitrogens is 1. The van der Waals surface area contributed by atoms with Crippen LogP contribution in [0, 0.1) is 5.82 Å². The first-order valence-electron chi connectivity index (χ1n) is 4.71. The van der Waals surface area contributed by atoms with Crippen LogP contribution in [0.3, 0.4) is 0 Å².